The third-order valence-electron chi connectivity index (χ3n) is 2.63. The standard InChI is InChI=1S/C14H12Br2FNO/c1-19-14-7-10(17)3-5-13(14)18-8-9-2-4-11(15)12(16)6-9/h2-7,18H,8H2,1H3. The van der Waals surface area contributed by atoms with Crippen molar-refractivity contribution in [3.05, 3.63) is 56.7 Å². The van der Waals surface area contributed by atoms with Crippen LogP contribution in [0.25, 0.3) is 0 Å². The number of nitrogens with one attached hydrogen (secondary N) is 1. The van der Waals surface area contributed by atoms with E-state index in [-0.39, 0.29) is 5.82 Å². The van der Waals surface area contributed by atoms with Gasteiger partial charge in [-0.2, -0.15) is 0 Å². The molecule has 0 saturated heterocycles. The molecule has 0 heterocycles. The van der Waals surface area contributed by atoms with Gasteiger partial charge in [0.15, 0.2) is 0 Å². The van der Waals surface area contributed by atoms with Crippen molar-refractivity contribution in [2.45, 2.75) is 6.54 Å². The number of ether oxygens (including phenoxy) is 1. The Morgan fingerprint density at radius 1 is 1.11 bits per heavy atom. The molecular formula is C14H12Br2FNO. The molecule has 0 fully saturated rings. The molecule has 2 aromatic rings. The Bertz CT molecular complexity index is 590. The first-order valence-electron chi connectivity index (χ1n) is 5.61. The van der Waals surface area contributed by atoms with Gasteiger partial charge in [0.1, 0.15) is 11.6 Å². The van der Waals surface area contributed by atoms with E-state index in [0.29, 0.717) is 12.3 Å². The minimum absolute atomic E-state index is 0.311. The van der Waals surface area contributed by atoms with Crippen LogP contribution < -0.4 is 10.1 Å². The van der Waals surface area contributed by atoms with Crippen molar-refractivity contribution in [3.63, 3.8) is 0 Å². The molecule has 5 heteroatoms. The van der Waals surface area contributed by atoms with Gasteiger partial charge in [0.2, 0.25) is 0 Å². The maximum Gasteiger partial charge on any atom is 0.144 e. The fraction of sp³-hybridized carbons (Fsp3) is 0.143. The normalized spacial score (nSPS) is 10.3. The summed E-state index contributed by atoms with van der Waals surface area (Å²) in [5.74, 6) is 0.185. The summed E-state index contributed by atoms with van der Waals surface area (Å²) in [5.41, 5.74) is 1.88. The number of halogens is 3. The summed E-state index contributed by atoms with van der Waals surface area (Å²) >= 11 is 6.89. The number of hydrogen-bond acceptors (Lipinski definition) is 2. The first kappa shape index (κ1) is 14.3. The summed E-state index contributed by atoms with van der Waals surface area (Å²) in [4.78, 5) is 0. The summed E-state index contributed by atoms with van der Waals surface area (Å²) in [5, 5.41) is 3.23. The van der Waals surface area contributed by atoms with Gasteiger partial charge in [-0.3, -0.25) is 0 Å². The lowest BCUT2D eigenvalue weighted by molar-refractivity contribution is 0.413. The van der Waals surface area contributed by atoms with Crippen molar-refractivity contribution in [1.82, 2.24) is 0 Å². The van der Waals surface area contributed by atoms with Gasteiger partial charge >= 0.3 is 0 Å². The van der Waals surface area contributed by atoms with E-state index in [0.717, 1.165) is 20.2 Å². The van der Waals surface area contributed by atoms with Crippen LogP contribution in [0.1, 0.15) is 5.56 Å². The Kier molecular flexibility index (Phi) is 4.82. The number of rotatable bonds is 4. The van der Waals surface area contributed by atoms with Crippen LogP contribution in [-0.2, 0) is 6.54 Å². The first-order chi connectivity index (χ1) is 9.10. The lowest BCUT2D eigenvalue weighted by atomic mass is 10.2. The maximum absolute atomic E-state index is 13.1. The van der Waals surface area contributed by atoms with E-state index in [1.165, 1.54) is 19.2 Å². The largest absolute Gasteiger partial charge is 0.494 e. The molecule has 0 spiro atoms. The summed E-state index contributed by atoms with van der Waals surface area (Å²) in [6.07, 6.45) is 0. The van der Waals surface area contributed by atoms with Crippen molar-refractivity contribution in [1.29, 1.82) is 0 Å². The average molecular weight is 389 g/mol. The lowest BCUT2D eigenvalue weighted by Gasteiger charge is -2.11. The molecule has 0 aliphatic rings. The quantitative estimate of drug-likeness (QED) is 0.798. The first-order valence-corrected chi connectivity index (χ1v) is 7.20. The number of anilines is 1. The molecule has 0 radical (unpaired) electrons. The van der Waals surface area contributed by atoms with Crippen LogP contribution in [0.3, 0.4) is 0 Å². The molecule has 2 aromatic carbocycles. The molecule has 0 aromatic heterocycles. The highest BCUT2D eigenvalue weighted by atomic mass is 79.9. The molecule has 2 nitrogen and oxygen atoms in total. The molecule has 0 aliphatic heterocycles. The highest BCUT2D eigenvalue weighted by Gasteiger charge is 2.05. The van der Waals surface area contributed by atoms with Crippen LogP contribution in [0.4, 0.5) is 10.1 Å². The molecule has 0 amide bonds. The van der Waals surface area contributed by atoms with Gasteiger partial charge in [-0.15, -0.1) is 0 Å². The van der Waals surface area contributed by atoms with E-state index in [1.807, 2.05) is 18.2 Å². The highest BCUT2D eigenvalue weighted by Crippen LogP contribution is 2.27. The van der Waals surface area contributed by atoms with E-state index in [2.05, 4.69) is 37.2 Å². The lowest BCUT2D eigenvalue weighted by Crippen LogP contribution is -2.01. The van der Waals surface area contributed by atoms with E-state index < -0.39 is 0 Å². The van der Waals surface area contributed by atoms with Gasteiger partial charge in [0.05, 0.1) is 12.8 Å². The van der Waals surface area contributed by atoms with Crippen molar-refractivity contribution in [2.75, 3.05) is 12.4 Å². The van der Waals surface area contributed by atoms with Gasteiger partial charge in [-0.25, -0.2) is 4.39 Å². The molecule has 19 heavy (non-hydrogen) atoms. The molecule has 100 valence electrons. The third-order valence-corrected chi connectivity index (χ3v) is 4.51. The summed E-state index contributed by atoms with van der Waals surface area (Å²) in [6.45, 7) is 0.633. The smallest absolute Gasteiger partial charge is 0.144 e. The molecule has 0 atom stereocenters. The van der Waals surface area contributed by atoms with Crippen LogP contribution >= 0.6 is 31.9 Å². The second-order valence-electron chi connectivity index (χ2n) is 3.95. The Hall–Kier alpha value is -1.07. The summed E-state index contributed by atoms with van der Waals surface area (Å²) in [6, 6.07) is 10.4. The number of benzene rings is 2. The Balaban J connectivity index is 2.12. The van der Waals surface area contributed by atoms with E-state index in [9.17, 15) is 4.39 Å². The molecule has 2 rings (SSSR count). The third kappa shape index (κ3) is 3.70. The zero-order chi connectivity index (χ0) is 13.8. The van der Waals surface area contributed by atoms with Gasteiger partial charge in [0, 0.05) is 21.6 Å². The van der Waals surface area contributed by atoms with Gasteiger partial charge < -0.3 is 10.1 Å². The number of methoxy groups -OCH3 is 1. The molecular weight excluding hydrogens is 377 g/mol. The molecule has 0 bridgehead atoms. The SMILES string of the molecule is COc1cc(F)ccc1NCc1ccc(Br)c(Br)c1. The van der Waals surface area contributed by atoms with Crippen LogP contribution in [0, 0.1) is 5.82 Å². The topological polar surface area (TPSA) is 21.3 Å². The van der Waals surface area contributed by atoms with E-state index >= 15 is 0 Å². The van der Waals surface area contributed by atoms with Crippen LogP contribution in [0.2, 0.25) is 0 Å². The second-order valence-corrected chi connectivity index (χ2v) is 5.66. The minimum atomic E-state index is -0.311. The van der Waals surface area contributed by atoms with Crippen molar-refractivity contribution in [2.24, 2.45) is 0 Å². The fourth-order valence-electron chi connectivity index (χ4n) is 1.66. The molecule has 0 aliphatic carbocycles. The maximum atomic E-state index is 13.1. The summed E-state index contributed by atoms with van der Waals surface area (Å²) in [7, 11) is 1.52. The predicted molar refractivity (Wildman–Crippen MR) is 82.1 cm³/mol. The zero-order valence-electron chi connectivity index (χ0n) is 10.2. The zero-order valence-corrected chi connectivity index (χ0v) is 13.4. The molecule has 0 saturated carbocycles. The number of hydrogen-bond donors (Lipinski definition) is 1. The summed E-state index contributed by atoms with van der Waals surface area (Å²) < 4.78 is 20.2. The Morgan fingerprint density at radius 2 is 1.89 bits per heavy atom. The molecule has 0 unspecified atom stereocenters. The van der Waals surface area contributed by atoms with E-state index in [1.54, 1.807) is 6.07 Å². The van der Waals surface area contributed by atoms with E-state index in [4.69, 9.17) is 4.74 Å². The predicted octanol–water partition coefficient (Wildman–Crippen LogP) is 4.97. The average Bonchev–Trinajstić information content (AvgIpc) is 2.41. The van der Waals surface area contributed by atoms with Crippen LogP contribution in [0.5, 0.6) is 5.75 Å². The fourth-order valence-corrected chi connectivity index (χ4v) is 2.33. The van der Waals surface area contributed by atoms with Crippen LogP contribution in [0.15, 0.2) is 45.3 Å². The van der Waals surface area contributed by atoms with Gasteiger partial charge in [-0.05, 0) is 61.7 Å². The Labute approximate surface area is 128 Å². The minimum Gasteiger partial charge on any atom is -0.494 e. The molecule has 1 N–H and O–H groups in total. The van der Waals surface area contributed by atoms with Crippen molar-refractivity contribution < 1.29 is 9.13 Å². The second kappa shape index (κ2) is 6.39. The monoisotopic (exact) mass is 387 g/mol. The van der Waals surface area contributed by atoms with Gasteiger partial charge in [0.25, 0.3) is 0 Å². The van der Waals surface area contributed by atoms with Crippen LogP contribution in [-0.4, -0.2) is 7.11 Å². The highest BCUT2D eigenvalue weighted by molar-refractivity contribution is 9.13. The van der Waals surface area contributed by atoms with Crippen molar-refractivity contribution in [3.8, 4) is 5.75 Å². The van der Waals surface area contributed by atoms with Crippen molar-refractivity contribution >= 4 is 37.5 Å². The van der Waals surface area contributed by atoms with Gasteiger partial charge in [-0.1, -0.05) is 6.07 Å². The Morgan fingerprint density at radius 3 is 2.58 bits per heavy atom.